The summed E-state index contributed by atoms with van der Waals surface area (Å²) in [5.41, 5.74) is 1.33. The van der Waals surface area contributed by atoms with E-state index < -0.39 is 0 Å². The molecule has 0 bridgehead atoms. The average molecular weight is 345 g/mol. The van der Waals surface area contributed by atoms with Gasteiger partial charge in [0.05, 0.1) is 6.54 Å². The summed E-state index contributed by atoms with van der Waals surface area (Å²) in [4.78, 5) is 15.7. The van der Waals surface area contributed by atoms with Crippen LogP contribution in [0.2, 0.25) is 0 Å². The van der Waals surface area contributed by atoms with Crippen molar-refractivity contribution in [2.45, 2.75) is 49.8 Å². The zero-order chi connectivity index (χ0) is 16.9. The Morgan fingerprint density at radius 3 is 2.67 bits per heavy atom. The van der Waals surface area contributed by atoms with Crippen LogP contribution in [0.3, 0.4) is 0 Å². The number of piperidine rings is 1. The molecule has 1 saturated heterocycles. The zero-order valence-corrected chi connectivity index (χ0v) is 15.0. The maximum atomic E-state index is 12.4. The Balaban J connectivity index is 1.45. The van der Waals surface area contributed by atoms with Gasteiger partial charge >= 0.3 is 0 Å². The Morgan fingerprint density at radius 2 is 2.00 bits per heavy atom. The van der Waals surface area contributed by atoms with E-state index in [1.807, 2.05) is 23.6 Å². The van der Waals surface area contributed by atoms with E-state index in [2.05, 4.69) is 46.7 Å². The quantitative estimate of drug-likeness (QED) is 0.833. The average Bonchev–Trinajstić information content (AvgIpc) is 3.00. The monoisotopic (exact) mass is 345 g/mol. The predicted molar refractivity (Wildman–Crippen MR) is 93.8 cm³/mol. The summed E-state index contributed by atoms with van der Waals surface area (Å²) in [7, 11) is 0. The molecule has 3 rings (SSSR count). The summed E-state index contributed by atoms with van der Waals surface area (Å²) < 4.78 is 1.68. The van der Waals surface area contributed by atoms with Crippen LogP contribution < -0.4 is 0 Å². The van der Waals surface area contributed by atoms with Crippen LogP contribution in [0.25, 0.3) is 0 Å². The molecule has 0 N–H and O–H groups in total. The molecule has 0 aliphatic carbocycles. The van der Waals surface area contributed by atoms with Crippen molar-refractivity contribution in [2.24, 2.45) is 0 Å². The molecule has 1 aromatic heterocycles. The number of hydrogen-bond donors (Lipinski definition) is 0. The maximum Gasteiger partial charge on any atom is 0.224 e. The van der Waals surface area contributed by atoms with E-state index in [1.54, 1.807) is 4.68 Å². The Bertz CT molecular complexity index is 694. The third kappa shape index (κ3) is 4.14. The van der Waals surface area contributed by atoms with Crippen molar-refractivity contribution in [3.63, 3.8) is 0 Å². The fraction of sp³-hybridized carbons (Fsp3) is 0.529. The van der Waals surface area contributed by atoms with Crippen LogP contribution >= 0.6 is 11.8 Å². The molecule has 2 aromatic rings. The fourth-order valence-corrected chi connectivity index (χ4v) is 4.12. The van der Waals surface area contributed by atoms with Crippen molar-refractivity contribution in [1.82, 2.24) is 25.1 Å². The maximum absolute atomic E-state index is 12.4. The van der Waals surface area contributed by atoms with Crippen LogP contribution in [0.4, 0.5) is 0 Å². The Kier molecular flexibility index (Phi) is 5.50. The highest BCUT2D eigenvalue weighted by atomic mass is 32.2. The molecule has 128 valence electrons. The second-order valence-corrected chi connectivity index (χ2v) is 7.50. The van der Waals surface area contributed by atoms with Crippen molar-refractivity contribution in [1.29, 1.82) is 0 Å². The molecular weight excluding hydrogens is 322 g/mol. The molecule has 1 aliphatic heterocycles. The number of aromatic nitrogens is 4. The Morgan fingerprint density at radius 1 is 1.25 bits per heavy atom. The summed E-state index contributed by atoms with van der Waals surface area (Å²) in [5, 5.41) is 11.9. The number of rotatable bonds is 5. The number of benzene rings is 1. The lowest BCUT2D eigenvalue weighted by Gasteiger charge is -2.32. The SMILES string of the molecule is Cc1ccccc1SC1CCN(C(=O)CCn2nnnc2C)CC1. The smallest absolute Gasteiger partial charge is 0.224 e. The minimum absolute atomic E-state index is 0.198. The highest BCUT2D eigenvalue weighted by Gasteiger charge is 2.23. The molecule has 1 fully saturated rings. The van der Waals surface area contributed by atoms with E-state index in [9.17, 15) is 4.79 Å². The molecule has 7 heteroatoms. The lowest BCUT2D eigenvalue weighted by Crippen LogP contribution is -2.39. The first-order valence-corrected chi connectivity index (χ1v) is 9.24. The van der Waals surface area contributed by atoms with E-state index in [0.29, 0.717) is 18.2 Å². The topological polar surface area (TPSA) is 63.9 Å². The van der Waals surface area contributed by atoms with Gasteiger partial charge in [0, 0.05) is 29.7 Å². The fourth-order valence-electron chi connectivity index (χ4n) is 2.91. The number of aryl methyl sites for hydroxylation is 3. The number of likely N-dealkylation sites (tertiary alicyclic amines) is 1. The van der Waals surface area contributed by atoms with Crippen LogP contribution in [0.5, 0.6) is 0 Å². The van der Waals surface area contributed by atoms with E-state index in [-0.39, 0.29) is 5.91 Å². The van der Waals surface area contributed by atoms with Gasteiger partial charge in [-0.25, -0.2) is 4.68 Å². The van der Waals surface area contributed by atoms with Gasteiger partial charge in [-0.05, 0) is 48.7 Å². The molecule has 0 spiro atoms. The molecule has 0 atom stereocenters. The summed E-state index contributed by atoms with van der Waals surface area (Å²) in [6, 6.07) is 8.51. The van der Waals surface area contributed by atoms with Crippen molar-refractivity contribution in [3.8, 4) is 0 Å². The van der Waals surface area contributed by atoms with Gasteiger partial charge < -0.3 is 4.90 Å². The number of carbonyl (C=O) groups excluding carboxylic acids is 1. The molecule has 2 heterocycles. The predicted octanol–water partition coefficient (Wildman–Crippen LogP) is 2.46. The van der Waals surface area contributed by atoms with Crippen molar-refractivity contribution >= 4 is 17.7 Å². The molecule has 0 saturated carbocycles. The lowest BCUT2D eigenvalue weighted by atomic mass is 10.1. The number of hydrogen-bond acceptors (Lipinski definition) is 5. The highest BCUT2D eigenvalue weighted by Crippen LogP contribution is 2.32. The number of nitrogens with zero attached hydrogens (tertiary/aromatic N) is 5. The summed E-state index contributed by atoms with van der Waals surface area (Å²) in [6.07, 6.45) is 2.56. The van der Waals surface area contributed by atoms with Crippen molar-refractivity contribution in [2.75, 3.05) is 13.1 Å². The molecule has 6 nitrogen and oxygen atoms in total. The zero-order valence-electron chi connectivity index (χ0n) is 14.2. The summed E-state index contributed by atoms with van der Waals surface area (Å²) >= 11 is 1.95. The van der Waals surface area contributed by atoms with Gasteiger partial charge in [0.2, 0.25) is 5.91 Å². The first-order valence-electron chi connectivity index (χ1n) is 8.36. The van der Waals surface area contributed by atoms with Gasteiger partial charge in [-0.15, -0.1) is 16.9 Å². The van der Waals surface area contributed by atoms with Crippen LogP contribution in [0.15, 0.2) is 29.2 Å². The summed E-state index contributed by atoms with van der Waals surface area (Å²) in [5.74, 6) is 0.945. The van der Waals surface area contributed by atoms with Crippen molar-refractivity contribution in [3.05, 3.63) is 35.7 Å². The number of tetrazole rings is 1. The number of amides is 1. The molecule has 1 aliphatic rings. The molecule has 24 heavy (non-hydrogen) atoms. The van der Waals surface area contributed by atoms with Gasteiger partial charge in [0.1, 0.15) is 5.82 Å². The third-order valence-electron chi connectivity index (χ3n) is 4.43. The number of carbonyl (C=O) groups is 1. The van der Waals surface area contributed by atoms with E-state index in [4.69, 9.17) is 0 Å². The van der Waals surface area contributed by atoms with Crippen LogP contribution in [-0.4, -0.2) is 49.4 Å². The number of thioether (sulfide) groups is 1. The van der Waals surface area contributed by atoms with Crippen molar-refractivity contribution < 1.29 is 4.79 Å². The summed E-state index contributed by atoms with van der Waals surface area (Å²) in [6.45, 7) is 6.24. The van der Waals surface area contributed by atoms with Gasteiger partial charge in [-0.1, -0.05) is 18.2 Å². The van der Waals surface area contributed by atoms with Crippen LogP contribution in [0, 0.1) is 13.8 Å². The Labute approximate surface area is 146 Å². The van der Waals surface area contributed by atoms with E-state index in [0.717, 1.165) is 31.8 Å². The largest absolute Gasteiger partial charge is 0.343 e. The second kappa shape index (κ2) is 7.79. The highest BCUT2D eigenvalue weighted by molar-refractivity contribution is 8.00. The Hall–Kier alpha value is -1.89. The molecule has 0 radical (unpaired) electrons. The van der Waals surface area contributed by atoms with Crippen LogP contribution in [-0.2, 0) is 11.3 Å². The first-order chi connectivity index (χ1) is 11.6. The molecule has 1 aromatic carbocycles. The molecule has 0 unspecified atom stereocenters. The second-order valence-electron chi connectivity index (χ2n) is 6.16. The van der Waals surface area contributed by atoms with E-state index in [1.165, 1.54) is 10.5 Å². The standard InChI is InChI=1S/C17H23N5OS/c1-13-5-3-4-6-16(13)24-15-7-10-21(11-8-15)17(23)9-12-22-14(2)18-19-20-22/h3-6,15H,7-12H2,1-2H3. The van der Waals surface area contributed by atoms with E-state index >= 15 is 0 Å². The minimum atomic E-state index is 0.198. The van der Waals surface area contributed by atoms with Gasteiger partial charge in [-0.2, -0.15) is 0 Å². The van der Waals surface area contributed by atoms with Gasteiger partial charge in [0.15, 0.2) is 0 Å². The van der Waals surface area contributed by atoms with Crippen LogP contribution in [0.1, 0.15) is 30.7 Å². The minimum Gasteiger partial charge on any atom is -0.343 e. The molecule has 1 amide bonds. The molecular formula is C17H23N5OS. The normalized spacial score (nSPS) is 15.7. The lowest BCUT2D eigenvalue weighted by molar-refractivity contribution is -0.132. The first kappa shape index (κ1) is 17.0. The van der Waals surface area contributed by atoms with Gasteiger partial charge in [-0.3, -0.25) is 4.79 Å². The van der Waals surface area contributed by atoms with Gasteiger partial charge in [0.25, 0.3) is 0 Å². The third-order valence-corrected chi connectivity index (χ3v) is 5.95.